The van der Waals surface area contributed by atoms with Gasteiger partial charge in [0, 0.05) is 13.0 Å². The third-order valence-corrected chi connectivity index (χ3v) is 16.9. The smallest absolute Gasteiger partial charge is 0.332 e. The molecule has 8 nitrogen and oxygen atoms in total. The number of esters is 1. The number of hydrogen-bond acceptors (Lipinski definition) is 7. The van der Waals surface area contributed by atoms with Crippen molar-refractivity contribution in [2.24, 2.45) is 57.2 Å². The van der Waals surface area contributed by atoms with Crippen molar-refractivity contribution in [1.82, 2.24) is 4.90 Å². The van der Waals surface area contributed by atoms with Crippen LogP contribution in [0.1, 0.15) is 132 Å². The first-order chi connectivity index (χ1) is 25.1. The molecule has 2 heterocycles. The van der Waals surface area contributed by atoms with E-state index in [-0.39, 0.29) is 53.7 Å². The van der Waals surface area contributed by atoms with E-state index in [0.717, 1.165) is 32.1 Å². The average Bonchev–Trinajstić information content (AvgIpc) is 4.01. The van der Waals surface area contributed by atoms with Crippen molar-refractivity contribution >= 4 is 11.9 Å². The first-order valence-electron chi connectivity index (χ1n) is 20.8. The summed E-state index contributed by atoms with van der Waals surface area (Å²) < 4.78 is 24.6. The molecule has 8 heteroatoms. The zero-order chi connectivity index (χ0) is 38.8. The molecule has 8 fully saturated rings. The van der Waals surface area contributed by atoms with Crippen LogP contribution >= 0.6 is 0 Å². The highest BCUT2D eigenvalue weighted by molar-refractivity contribution is 5.76. The Labute approximate surface area is 320 Å². The highest BCUT2D eigenvalue weighted by atomic mass is 16.7. The monoisotopic (exact) mass is 736 g/mol. The normalized spacial score (nSPS) is 46.0. The molecule has 6 aliphatic carbocycles. The van der Waals surface area contributed by atoms with Crippen LogP contribution in [0.3, 0.4) is 0 Å². The fourth-order valence-electron chi connectivity index (χ4n) is 14.5. The van der Waals surface area contributed by atoms with E-state index in [0.29, 0.717) is 66.5 Å². The van der Waals surface area contributed by atoms with Gasteiger partial charge in [-0.1, -0.05) is 34.1 Å². The summed E-state index contributed by atoms with van der Waals surface area (Å²) in [6.45, 7) is 18.0. The fourth-order valence-corrected chi connectivity index (χ4v) is 14.5. The fraction of sp³-hybridized carbons (Fsp3) is 0.867. The van der Waals surface area contributed by atoms with Crippen LogP contribution < -0.4 is 0 Å². The van der Waals surface area contributed by atoms with E-state index in [1.165, 1.54) is 44.9 Å². The first kappa shape index (κ1) is 40.6. The zero-order valence-corrected chi connectivity index (χ0v) is 33.9. The molecule has 6 saturated carbocycles. The summed E-state index contributed by atoms with van der Waals surface area (Å²) in [5.74, 6) is 3.43. The highest BCUT2D eigenvalue weighted by Gasteiger charge is 2.85. The molecule has 0 aromatic rings. The number of carbonyl (C=O) groups excluding carboxylic acids is 2. The summed E-state index contributed by atoms with van der Waals surface area (Å²) in [5.41, 5.74) is -0.347. The van der Waals surface area contributed by atoms with Gasteiger partial charge >= 0.3 is 5.97 Å². The SMILES string of the molecule is C#C.C#C.C[C@@H]1C23CC[C@H](OC4CN(C(=O)CC5CC5)CCO4)C(C)(C)C2CC[C@H]2C4C[C@@](C)(O)[C@H](CCCC5OCC(=O)OC5(C)C)[C@@]4(C)CC[C@]123. The second-order valence-electron chi connectivity index (χ2n) is 19.8. The van der Waals surface area contributed by atoms with Gasteiger partial charge < -0.3 is 29.0 Å². The second-order valence-corrected chi connectivity index (χ2v) is 19.8. The maximum atomic E-state index is 12.9. The summed E-state index contributed by atoms with van der Waals surface area (Å²) in [6, 6.07) is 0. The van der Waals surface area contributed by atoms with Crippen LogP contribution in [0.25, 0.3) is 0 Å². The van der Waals surface area contributed by atoms with Gasteiger partial charge in [-0.3, -0.25) is 4.79 Å². The van der Waals surface area contributed by atoms with Gasteiger partial charge in [0.25, 0.3) is 0 Å². The van der Waals surface area contributed by atoms with Crippen LogP contribution in [0, 0.1) is 82.9 Å². The number of fused-ring (bicyclic) bond motifs is 2. The van der Waals surface area contributed by atoms with Crippen LogP contribution in [0.15, 0.2) is 0 Å². The second kappa shape index (κ2) is 14.4. The lowest BCUT2D eigenvalue weighted by Crippen LogP contribution is -2.56. The molecule has 12 atom stereocenters. The van der Waals surface area contributed by atoms with E-state index in [9.17, 15) is 14.7 Å². The van der Waals surface area contributed by atoms with Crippen molar-refractivity contribution in [2.75, 3.05) is 26.3 Å². The molecule has 53 heavy (non-hydrogen) atoms. The van der Waals surface area contributed by atoms with Crippen LogP contribution in [0.4, 0.5) is 0 Å². The molecule has 2 saturated heterocycles. The number of terminal acetylenes is 2. The van der Waals surface area contributed by atoms with Crippen molar-refractivity contribution in [1.29, 1.82) is 0 Å². The van der Waals surface area contributed by atoms with Crippen molar-refractivity contribution in [2.45, 2.75) is 162 Å². The summed E-state index contributed by atoms with van der Waals surface area (Å²) in [5, 5.41) is 12.1. The number of aliphatic hydroxyl groups is 1. The number of hydrogen-bond donors (Lipinski definition) is 1. The van der Waals surface area contributed by atoms with Gasteiger partial charge in [0.2, 0.25) is 5.91 Å². The number of amides is 1. The Morgan fingerprint density at radius 3 is 2.30 bits per heavy atom. The van der Waals surface area contributed by atoms with E-state index in [1.807, 2.05) is 18.7 Å². The molecule has 2 aliphatic heterocycles. The molecule has 2 spiro atoms. The largest absolute Gasteiger partial charge is 0.455 e. The van der Waals surface area contributed by atoms with Crippen molar-refractivity contribution in [3.05, 3.63) is 0 Å². The maximum Gasteiger partial charge on any atom is 0.332 e. The molecule has 1 N–H and O–H groups in total. The number of carbonyl (C=O) groups is 2. The molecule has 8 rings (SSSR count). The summed E-state index contributed by atoms with van der Waals surface area (Å²) in [4.78, 5) is 26.7. The standard InChI is InChI=1S/C41H65NO7.2C2H2/c1-25-40-18-17-38(6)28(22-39(7,45)30(38)9-8-10-32-37(4,5)49-34(44)24-47-32)27(40)13-14-29-36(2,3)31(15-16-41(25,29)40)48-35-23-42(19-20-46-35)33(43)21-26-11-12-26;2*1-2/h25-32,35,45H,8-24H2,1-7H3;2*1-2H/t25-,27-,28?,29?,30+,31-,32?,35?,38-,39+,40-,41?;;/m0../s1. The van der Waals surface area contributed by atoms with Gasteiger partial charge in [-0.2, -0.15) is 0 Å². The Kier molecular flexibility index (Phi) is 11.1. The lowest BCUT2D eigenvalue weighted by Gasteiger charge is -2.59. The summed E-state index contributed by atoms with van der Waals surface area (Å²) in [6.07, 6.45) is 29.8. The van der Waals surface area contributed by atoms with Gasteiger partial charge in [-0.15, -0.1) is 25.7 Å². The van der Waals surface area contributed by atoms with Gasteiger partial charge in [-0.25, -0.2) is 4.79 Å². The van der Waals surface area contributed by atoms with E-state index in [2.05, 4.69) is 60.3 Å². The molecule has 0 radical (unpaired) electrons. The number of nitrogens with zero attached hydrogens (tertiary/aromatic N) is 1. The third-order valence-electron chi connectivity index (χ3n) is 16.9. The minimum absolute atomic E-state index is 0.0394. The summed E-state index contributed by atoms with van der Waals surface area (Å²) >= 11 is 0. The van der Waals surface area contributed by atoms with E-state index >= 15 is 0 Å². The molecule has 0 aromatic heterocycles. The highest BCUT2D eigenvalue weighted by Crippen LogP contribution is 2.90. The predicted molar refractivity (Wildman–Crippen MR) is 205 cm³/mol. The minimum atomic E-state index is -0.665. The van der Waals surface area contributed by atoms with Gasteiger partial charge in [0.15, 0.2) is 6.29 Å². The quantitative estimate of drug-likeness (QED) is 0.205. The first-order valence-corrected chi connectivity index (χ1v) is 20.8. The van der Waals surface area contributed by atoms with Crippen molar-refractivity contribution < 1.29 is 33.6 Å². The number of morpholine rings is 1. The number of cyclic esters (lactones) is 1. The lowest BCUT2D eigenvalue weighted by molar-refractivity contribution is -0.244. The Bertz CT molecular complexity index is 1410. The molecular weight excluding hydrogens is 666 g/mol. The van der Waals surface area contributed by atoms with Crippen LogP contribution in [0.5, 0.6) is 0 Å². The van der Waals surface area contributed by atoms with Gasteiger partial charge in [-0.05, 0) is 149 Å². The predicted octanol–water partition coefficient (Wildman–Crippen LogP) is 7.40. The molecule has 0 bridgehead atoms. The Morgan fingerprint density at radius 2 is 1.62 bits per heavy atom. The molecule has 5 unspecified atom stereocenters. The zero-order valence-electron chi connectivity index (χ0n) is 33.9. The van der Waals surface area contributed by atoms with Gasteiger partial charge in [0.1, 0.15) is 12.2 Å². The molecule has 1 amide bonds. The number of ether oxygens (including phenoxy) is 4. The molecular formula is C45H69NO7. The third kappa shape index (κ3) is 6.48. The molecule has 0 aromatic carbocycles. The van der Waals surface area contributed by atoms with Crippen LogP contribution in [0.2, 0.25) is 0 Å². The Hall–Kier alpha value is -2.10. The van der Waals surface area contributed by atoms with Crippen molar-refractivity contribution in [3.8, 4) is 25.7 Å². The van der Waals surface area contributed by atoms with E-state index in [4.69, 9.17) is 18.9 Å². The van der Waals surface area contributed by atoms with Gasteiger partial charge in [0.05, 0.1) is 31.0 Å². The van der Waals surface area contributed by atoms with Crippen LogP contribution in [-0.4, -0.2) is 77.9 Å². The maximum absolute atomic E-state index is 12.9. The van der Waals surface area contributed by atoms with E-state index < -0.39 is 11.2 Å². The van der Waals surface area contributed by atoms with Crippen LogP contribution in [-0.2, 0) is 28.5 Å². The molecule has 8 aliphatic rings. The Morgan fingerprint density at radius 1 is 0.906 bits per heavy atom. The topological polar surface area (TPSA) is 94.5 Å². The Balaban J connectivity index is 0.00000116. The summed E-state index contributed by atoms with van der Waals surface area (Å²) in [7, 11) is 0. The molecule has 296 valence electrons. The van der Waals surface area contributed by atoms with E-state index in [1.54, 1.807) is 0 Å². The average molecular weight is 736 g/mol. The minimum Gasteiger partial charge on any atom is -0.455 e. The number of rotatable bonds is 8. The van der Waals surface area contributed by atoms with Crippen molar-refractivity contribution in [3.63, 3.8) is 0 Å². The lowest BCUT2D eigenvalue weighted by atomic mass is 9.46.